The maximum atomic E-state index is 5.35. The predicted octanol–water partition coefficient (Wildman–Crippen LogP) is 1.67. The molecule has 0 aliphatic carbocycles. The van der Waals surface area contributed by atoms with Crippen molar-refractivity contribution in [3.63, 3.8) is 0 Å². The lowest BCUT2D eigenvalue weighted by molar-refractivity contribution is 0.261. The van der Waals surface area contributed by atoms with Crippen molar-refractivity contribution in [2.45, 2.75) is 26.3 Å². The number of nitrogens with one attached hydrogen (secondary N) is 2. The molecule has 0 radical (unpaired) electrons. The van der Waals surface area contributed by atoms with Crippen LogP contribution in [0.5, 0.6) is 0 Å². The van der Waals surface area contributed by atoms with Gasteiger partial charge in [0, 0.05) is 19.1 Å². The molecule has 0 saturated carbocycles. The van der Waals surface area contributed by atoms with Crippen LogP contribution in [0.15, 0.2) is 10.8 Å². The Morgan fingerprint density at radius 3 is 2.72 bits per heavy atom. The fourth-order valence-corrected chi connectivity index (χ4v) is 1.94. The highest BCUT2D eigenvalue weighted by molar-refractivity contribution is 9.10. The van der Waals surface area contributed by atoms with E-state index in [1.54, 1.807) is 0 Å². The molecule has 1 heterocycles. The number of nitrogens with zero attached hydrogens (tertiary/aromatic N) is 3. The number of anilines is 2. The maximum absolute atomic E-state index is 5.35. The Kier molecular flexibility index (Phi) is 6.31. The molecule has 1 aromatic rings. The Morgan fingerprint density at radius 2 is 2.11 bits per heavy atom. The van der Waals surface area contributed by atoms with Gasteiger partial charge in [0.25, 0.3) is 0 Å². The molecule has 0 fully saturated rings. The van der Waals surface area contributed by atoms with Gasteiger partial charge in [-0.2, -0.15) is 0 Å². The van der Waals surface area contributed by atoms with Gasteiger partial charge in [0.1, 0.15) is 16.6 Å². The van der Waals surface area contributed by atoms with Crippen molar-refractivity contribution >= 4 is 27.6 Å². The molecule has 0 aromatic carbocycles. The Morgan fingerprint density at radius 1 is 1.44 bits per heavy atom. The molecule has 0 bridgehead atoms. The SMILES string of the molecule is CCC(C)N(C)CCNc1ncnc(NN)c1Br. The average Bonchev–Trinajstić information content (AvgIpc) is 2.39. The van der Waals surface area contributed by atoms with E-state index in [1.165, 1.54) is 6.33 Å². The first-order valence-electron chi connectivity index (χ1n) is 6.01. The maximum Gasteiger partial charge on any atom is 0.159 e. The molecule has 7 heteroatoms. The highest BCUT2D eigenvalue weighted by atomic mass is 79.9. The summed E-state index contributed by atoms with van der Waals surface area (Å²) in [4.78, 5) is 10.5. The van der Waals surface area contributed by atoms with Crippen LogP contribution in [0, 0.1) is 0 Å². The van der Waals surface area contributed by atoms with E-state index in [0.717, 1.165) is 29.8 Å². The molecular formula is C11H21BrN6. The van der Waals surface area contributed by atoms with E-state index >= 15 is 0 Å². The zero-order valence-corrected chi connectivity index (χ0v) is 12.7. The highest BCUT2D eigenvalue weighted by Gasteiger charge is 2.09. The smallest absolute Gasteiger partial charge is 0.159 e. The van der Waals surface area contributed by atoms with Gasteiger partial charge in [-0.3, -0.25) is 0 Å². The third-order valence-electron chi connectivity index (χ3n) is 3.03. The van der Waals surface area contributed by atoms with Crippen LogP contribution in [-0.2, 0) is 0 Å². The quantitative estimate of drug-likeness (QED) is 0.524. The van der Waals surface area contributed by atoms with E-state index in [1.807, 2.05) is 0 Å². The van der Waals surface area contributed by atoms with Crippen LogP contribution in [0.2, 0.25) is 0 Å². The molecule has 18 heavy (non-hydrogen) atoms. The predicted molar refractivity (Wildman–Crippen MR) is 78.4 cm³/mol. The third-order valence-corrected chi connectivity index (χ3v) is 3.78. The summed E-state index contributed by atoms with van der Waals surface area (Å²) in [5, 5.41) is 3.26. The molecule has 0 spiro atoms. The van der Waals surface area contributed by atoms with Crippen LogP contribution in [0.1, 0.15) is 20.3 Å². The summed E-state index contributed by atoms with van der Waals surface area (Å²) in [6, 6.07) is 0.585. The summed E-state index contributed by atoms with van der Waals surface area (Å²) < 4.78 is 0.749. The van der Waals surface area contributed by atoms with Crippen LogP contribution in [0.25, 0.3) is 0 Å². The molecule has 1 rings (SSSR count). The number of hydrazine groups is 1. The number of nitrogens with two attached hydrogens (primary N) is 1. The van der Waals surface area contributed by atoms with E-state index in [2.05, 4.69) is 62.4 Å². The molecule has 0 amide bonds. The summed E-state index contributed by atoms with van der Waals surface area (Å²) in [6.07, 6.45) is 2.62. The van der Waals surface area contributed by atoms with E-state index < -0.39 is 0 Å². The summed E-state index contributed by atoms with van der Waals surface area (Å²) in [5.74, 6) is 6.67. The minimum Gasteiger partial charge on any atom is -0.368 e. The minimum absolute atomic E-state index is 0.572. The van der Waals surface area contributed by atoms with Crippen LogP contribution in [0.3, 0.4) is 0 Å². The minimum atomic E-state index is 0.572. The molecule has 0 aliphatic rings. The summed E-state index contributed by atoms with van der Waals surface area (Å²) >= 11 is 3.41. The topological polar surface area (TPSA) is 79.1 Å². The summed E-state index contributed by atoms with van der Waals surface area (Å²) in [6.45, 7) is 6.18. The molecule has 1 atom stereocenters. The molecule has 0 saturated heterocycles. The number of likely N-dealkylation sites (N-methyl/N-ethyl adjacent to an activating group) is 1. The Bertz CT molecular complexity index is 373. The van der Waals surface area contributed by atoms with Crippen molar-refractivity contribution in [1.29, 1.82) is 0 Å². The van der Waals surface area contributed by atoms with Crippen molar-refractivity contribution in [3.05, 3.63) is 10.8 Å². The fourth-order valence-electron chi connectivity index (χ4n) is 1.48. The van der Waals surface area contributed by atoms with Crippen molar-refractivity contribution in [2.75, 3.05) is 30.9 Å². The zero-order chi connectivity index (χ0) is 13.5. The van der Waals surface area contributed by atoms with Gasteiger partial charge in [0.15, 0.2) is 5.82 Å². The first kappa shape index (κ1) is 15.1. The molecule has 6 nitrogen and oxygen atoms in total. The molecule has 1 aromatic heterocycles. The number of hydrogen-bond acceptors (Lipinski definition) is 6. The number of rotatable bonds is 7. The highest BCUT2D eigenvalue weighted by Crippen LogP contribution is 2.25. The van der Waals surface area contributed by atoms with Gasteiger partial charge < -0.3 is 15.6 Å². The van der Waals surface area contributed by atoms with Crippen LogP contribution in [-0.4, -0.2) is 41.0 Å². The largest absolute Gasteiger partial charge is 0.368 e. The zero-order valence-electron chi connectivity index (χ0n) is 11.1. The van der Waals surface area contributed by atoms with Gasteiger partial charge >= 0.3 is 0 Å². The van der Waals surface area contributed by atoms with Gasteiger partial charge in [0.05, 0.1) is 0 Å². The summed E-state index contributed by atoms with van der Waals surface area (Å²) in [7, 11) is 2.12. The molecule has 1 unspecified atom stereocenters. The molecule has 4 N–H and O–H groups in total. The Balaban J connectivity index is 2.49. The Hall–Kier alpha value is -0.920. The first-order chi connectivity index (χ1) is 8.60. The monoisotopic (exact) mass is 316 g/mol. The normalized spacial score (nSPS) is 12.6. The van der Waals surface area contributed by atoms with Gasteiger partial charge in [0.2, 0.25) is 0 Å². The molecule has 0 aliphatic heterocycles. The number of aromatic nitrogens is 2. The van der Waals surface area contributed by atoms with Crippen molar-refractivity contribution in [3.8, 4) is 0 Å². The summed E-state index contributed by atoms with van der Waals surface area (Å²) in [5.41, 5.74) is 2.51. The second-order valence-electron chi connectivity index (χ2n) is 4.19. The molecular weight excluding hydrogens is 296 g/mol. The van der Waals surface area contributed by atoms with Crippen molar-refractivity contribution in [2.24, 2.45) is 5.84 Å². The number of halogens is 1. The van der Waals surface area contributed by atoms with E-state index in [0.29, 0.717) is 11.9 Å². The lowest BCUT2D eigenvalue weighted by Gasteiger charge is -2.23. The van der Waals surface area contributed by atoms with Gasteiger partial charge in [-0.25, -0.2) is 15.8 Å². The number of hydrogen-bond donors (Lipinski definition) is 3. The lowest BCUT2D eigenvalue weighted by atomic mass is 10.2. The first-order valence-corrected chi connectivity index (χ1v) is 6.80. The van der Waals surface area contributed by atoms with Crippen molar-refractivity contribution < 1.29 is 0 Å². The van der Waals surface area contributed by atoms with Crippen molar-refractivity contribution in [1.82, 2.24) is 14.9 Å². The van der Waals surface area contributed by atoms with E-state index in [4.69, 9.17) is 5.84 Å². The lowest BCUT2D eigenvalue weighted by Crippen LogP contribution is -2.32. The van der Waals surface area contributed by atoms with Crippen LogP contribution < -0.4 is 16.6 Å². The standard InChI is InChI=1S/C11H21BrN6/c1-4-8(2)18(3)6-5-14-10-9(12)11(17-13)16-7-15-10/h7-8H,4-6,13H2,1-3H3,(H2,14,15,16,17). The molecule has 102 valence electrons. The third kappa shape index (κ3) is 4.08. The van der Waals surface area contributed by atoms with Crippen LogP contribution >= 0.6 is 15.9 Å². The van der Waals surface area contributed by atoms with Gasteiger partial charge in [-0.05, 0) is 36.3 Å². The second-order valence-corrected chi connectivity index (χ2v) is 4.99. The second kappa shape index (κ2) is 7.50. The average molecular weight is 317 g/mol. The number of nitrogen functional groups attached to an aromatic ring is 1. The van der Waals surface area contributed by atoms with E-state index in [-0.39, 0.29) is 0 Å². The fraction of sp³-hybridized carbons (Fsp3) is 0.636. The Labute approximate surface area is 116 Å². The van der Waals surface area contributed by atoms with Crippen LogP contribution in [0.4, 0.5) is 11.6 Å². The van der Waals surface area contributed by atoms with Gasteiger partial charge in [-0.1, -0.05) is 6.92 Å². The van der Waals surface area contributed by atoms with E-state index in [9.17, 15) is 0 Å². The van der Waals surface area contributed by atoms with Gasteiger partial charge in [-0.15, -0.1) is 0 Å².